The Morgan fingerprint density at radius 2 is 1.86 bits per heavy atom. The zero-order chi connectivity index (χ0) is 14.8. The Balaban J connectivity index is 2.15. The Morgan fingerprint density at radius 3 is 2.52 bits per heavy atom. The van der Waals surface area contributed by atoms with Crippen LogP contribution in [-0.4, -0.2) is 35.5 Å². The average molecular weight is 281 g/mol. The second-order valence-electron chi connectivity index (χ2n) is 5.30. The van der Waals surface area contributed by atoms with Gasteiger partial charge < -0.3 is 14.0 Å². The molecule has 4 heteroatoms. The number of benzene rings is 1. The summed E-state index contributed by atoms with van der Waals surface area (Å²) in [5.74, 6) is 0.858. The first-order chi connectivity index (χ1) is 10.2. The highest BCUT2D eigenvalue weighted by Gasteiger charge is 2.14. The lowest BCUT2D eigenvalue weighted by molar-refractivity contribution is 0.396. The van der Waals surface area contributed by atoms with Crippen LogP contribution >= 0.6 is 0 Å². The summed E-state index contributed by atoms with van der Waals surface area (Å²) in [6.07, 6.45) is 2.06. The zero-order valence-corrected chi connectivity index (χ0v) is 12.6. The molecular formula is C17H19N3O. The van der Waals surface area contributed by atoms with Crippen molar-refractivity contribution < 1.29 is 4.74 Å². The Bertz CT molecular complexity index is 744. The molecule has 0 N–H and O–H groups in total. The van der Waals surface area contributed by atoms with Crippen LogP contribution in [0.25, 0.3) is 16.9 Å². The minimum Gasteiger partial charge on any atom is -0.497 e. The van der Waals surface area contributed by atoms with E-state index < -0.39 is 0 Å². The molecule has 1 aromatic carbocycles. The zero-order valence-electron chi connectivity index (χ0n) is 12.6. The SMILES string of the molecule is COc1ccc(-c2nc3ccccn3c2CN(C)C)cc1. The van der Waals surface area contributed by atoms with E-state index in [0.29, 0.717) is 0 Å². The number of pyridine rings is 1. The van der Waals surface area contributed by atoms with Gasteiger partial charge in [0.05, 0.1) is 18.5 Å². The highest BCUT2D eigenvalue weighted by Crippen LogP contribution is 2.26. The van der Waals surface area contributed by atoms with E-state index in [2.05, 4.69) is 41.7 Å². The molecule has 3 rings (SSSR count). The second-order valence-corrected chi connectivity index (χ2v) is 5.30. The minimum absolute atomic E-state index is 0.840. The molecule has 0 saturated heterocycles. The summed E-state index contributed by atoms with van der Waals surface area (Å²) >= 11 is 0. The van der Waals surface area contributed by atoms with Gasteiger partial charge >= 0.3 is 0 Å². The number of fused-ring (bicyclic) bond motifs is 1. The van der Waals surface area contributed by atoms with Crippen molar-refractivity contribution in [2.24, 2.45) is 0 Å². The van der Waals surface area contributed by atoms with Crippen LogP contribution in [0.3, 0.4) is 0 Å². The predicted molar refractivity (Wildman–Crippen MR) is 84.6 cm³/mol. The molecular weight excluding hydrogens is 262 g/mol. The molecule has 21 heavy (non-hydrogen) atoms. The van der Waals surface area contributed by atoms with Crippen molar-refractivity contribution in [3.8, 4) is 17.0 Å². The van der Waals surface area contributed by atoms with Gasteiger partial charge in [0.1, 0.15) is 11.4 Å². The van der Waals surface area contributed by atoms with Gasteiger partial charge in [0, 0.05) is 18.3 Å². The van der Waals surface area contributed by atoms with Gasteiger partial charge in [-0.25, -0.2) is 4.98 Å². The van der Waals surface area contributed by atoms with E-state index in [4.69, 9.17) is 9.72 Å². The third-order valence-electron chi connectivity index (χ3n) is 3.46. The summed E-state index contributed by atoms with van der Waals surface area (Å²) in [4.78, 5) is 6.94. The Kier molecular flexibility index (Phi) is 3.62. The van der Waals surface area contributed by atoms with Gasteiger partial charge in [0.25, 0.3) is 0 Å². The Labute approximate surface area is 124 Å². The van der Waals surface area contributed by atoms with Crippen LogP contribution in [0.5, 0.6) is 5.75 Å². The maximum absolute atomic E-state index is 5.22. The van der Waals surface area contributed by atoms with Crippen molar-refractivity contribution >= 4 is 5.65 Å². The molecule has 2 aromatic heterocycles. The predicted octanol–water partition coefficient (Wildman–Crippen LogP) is 3.07. The highest BCUT2D eigenvalue weighted by molar-refractivity contribution is 5.67. The fraction of sp³-hybridized carbons (Fsp3) is 0.235. The van der Waals surface area contributed by atoms with Gasteiger partial charge in [-0.3, -0.25) is 0 Å². The first-order valence-electron chi connectivity index (χ1n) is 6.94. The number of aromatic nitrogens is 2. The fourth-order valence-electron chi connectivity index (χ4n) is 2.48. The first kappa shape index (κ1) is 13.6. The summed E-state index contributed by atoms with van der Waals surface area (Å²) in [5, 5.41) is 0. The molecule has 0 atom stereocenters. The maximum Gasteiger partial charge on any atom is 0.137 e. The van der Waals surface area contributed by atoms with Crippen molar-refractivity contribution in [3.63, 3.8) is 0 Å². The molecule has 108 valence electrons. The van der Waals surface area contributed by atoms with Crippen LogP contribution in [0, 0.1) is 0 Å². The van der Waals surface area contributed by atoms with Crippen LogP contribution in [0.4, 0.5) is 0 Å². The molecule has 0 radical (unpaired) electrons. The van der Waals surface area contributed by atoms with Crippen LogP contribution < -0.4 is 4.74 Å². The monoisotopic (exact) mass is 281 g/mol. The summed E-state index contributed by atoms with van der Waals surface area (Å²) in [6.45, 7) is 0.840. The van der Waals surface area contributed by atoms with E-state index in [1.165, 1.54) is 5.69 Å². The molecule has 0 amide bonds. The Morgan fingerprint density at radius 1 is 1.10 bits per heavy atom. The van der Waals surface area contributed by atoms with E-state index in [-0.39, 0.29) is 0 Å². The standard InChI is InChI=1S/C17H19N3O/c1-19(2)12-15-17(13-7-9-14(21-3)10-8-13)18-16-6-4-5-11-20(15)16/h4-11H,12H2,1-3H3. The lowest BCUT2D eigenvalue weighted by Gasteiger charge is -2.11. The fourth-order valence-corrected chi connectivity index (χ4v) is 2.48. The average Bonchev–Trinajstić information content (AvgIpc) is 2.86. The molecule has 3 aromatic rings. The van der Waals surface area contributed by atoms with Crippen molar-refractivity contribution in [2.75, 3.05) is 21.2 Å². The molecule has 0 spiro atoms. The topological polar surface area (TPSA) is 29.8 Å². The molecule has 2 heterocycles. The molecule has 0 aliphatic rings. The normalized spacial score (nSPS) is 11.2. The molecule has 0 aliphatic carbocycles. The summed E-state index contributed by atoms with van der Waals surface area (Å²) < 4.78 is 7.38. The van der Waals surface area contributed by atoms with Gasteiger partial charge in [-0.2, -0.15) is 0 Å². The van der Waals surface area contributed by atoms with Crippen molar-refractivity contribution in [1.29, 1.82) is 0 Å². The number of rotatable bonds is 4. The third-order valence-corrected chi connectivity index (χ3v) is 3.46. The van der Waals surface area contributed by atoms with Crippen LogP contribution in [0.2, 0.25) is 0 Å². The van der Waals surface area contributed by atoms with E-state index >= 15 is 0 Å². The number of methoxy groups -OCH3 is 1. The first-order valence-corrected chi connectivity index (χ1v) is 6.94. The maximum atomic E-state index is 5.22. The quantitative estimate of drug-likeness (QED) is 0.736. The summed E-state index contributed by atoms with van der Waals surface area (Å²) in [7, 11) is 5.82. The number of hydrogen-bond acceptors (Lipinski definition) is 3. The van der Waals surface area contributed by atoms with Crippen LogP contribution in [-0.2, 0) is 6.54 Å². The summed E-state index contributed by atoms with van der Waals surface area (Å²) in [5.41, 5.74) is 4.30. The molecule has 0 fully saturated rings. The molecule has 0 aliphatic heterocycles. The van der Waals surface area contributed by atoms with Crippen molar-refractivity contribution in [3.05, 3.63) is 54.4 Å². The highest BCUT2D eigenvalue weighted by atomic mass is 16.5. The lowest BCUT2D eigenvalue weighted by atomic mass is 10.1. The smallest absolute Gasteiger partial charge is 0.137 e. The summed E-state index contributed by atoms with van der Waals surface area (Å²) in [6, 6.07) is 14.1. The molecule has 0 saturated carbocycles. The number of ether oxygens (including phenoxy) is 1. The number of imidazole rings is 1. The van der Waals surface area contributed by atoms with E-state index in [1.807, 2.05) is 30.3 Å². The van der Waals surface area contributed by atoms with Crippen LogP contribution in [0.15, 0.2) is 48.7 Å². The van der Waals surface area contributed by atoms with Gasteiger partial charge in [0.2, 0.25) is 0 Å². The van der Waals surface area contributed by atoms with Gasteiger partial charge in [-0.15, -0.1) is 0 Å². The molecule has 4 nitrogen and oxygen atoms in total. The largest absolute Gasteiger partial charge is 0.497 e. The number of nitrogens with zero attached hydrogens (tertiary/aromatic N) is 3. The van der Waals surface area contributed by atoms with E-state index in [9.17, 15) is 0 Å². The van der Waals surface area contributed by atoms with E-state index in [1.54, 1.807) is 7.11 Å². The Hall–Kier alpha value is -2.33. The van der Waals surface area contributed by atoms with Crippen molar-refractivity contribution in [1.82, 2.24) is 14.3 Å². The third kappa shape index (κ3) is 2.62. The number of hydrogen-bond donors (Lipinski definition) is 0. The van der Waals surface area contributed by atoms with Gasteiger partial charge in [-0.1, -0.05) is 6.07 Å². The van der Waals surface area contributed by atoms with Crippen LogP contribution in [0.1, 0.15) is 5.69 Å². The second kappa shape index (κ2) is 5.58. The molecule has 0 bridgehead atoms. The van der Waals surface area contributed by atoms with Gasteiger partial charge in [-0.05, 0) is 50.5 Å². The lowest BCUT2D eigenvalue weighted by Crippen LogP contribution is -2.13. The van der Waals surface area contributed by atoms with Crippen molar-refractivity contribution in [2.45, 2.75) is 6.54 Å². The molecule has 0 unspecified atom stereocenters. The van der Waals surface area contributed by atoms with E-state index in [0.717, 1.165) is 29.2 Å². The van der Waals surface area contributed by atoms with Gasteiger partial charge in [0.15, 0.2) is 0 Å². The minimum atomic E-state index is 0.840.